The summed E-state index contributed by atoms with van der Waals surface area (Å²) >= 11 is 5.89. The van der Waals surface area contributed by atoms with E-state index in [-0.39, 0.29) is 17.1 Å². The molecular weight excluding hydrogens is 243 g/mol. The van der Waals surface area contributed by atoms with Gasteiger partial charge >= 0.3 is 0 Å². The van der Waals surface area contributed by atoms with Crippen LogP contribution >= 0.6 is 11.6 Å². The van der Waals surface area contributed by atoms with Crippen molar-refractivity contribution in [3.8, 4) is 0 Å². The van der Waals surface area contributed by atoms with E-state index >= 15 is 0 Å². The largest absolute Gasteiger partial charge is 0.350 e. The van der Waals surface area contributed by atoms with Crippen molar-refractivity contribution in [2.45, 2.75) is 26.3 Å². The van der Waals surface area contributed by atoms with Crippen molar-refractivity contribution in [1.82, 2.24) is 5.32 Å². The second-order valence-electron chi connectivity index (χ2n) is 4.75. The van der Waals surface area contributed by atoms with E-state index in [1.807, 2.05) is 0 Å². The highest BCUT2D eigenvalue weighted by Gasteiger charge is 2.16. The first kappa shape index (κ1) is 13.9. The van der Waals surface area contributed by atoms with E-state index in [0.29, 0.717) is 5.56 Å². The zero-order valence-electron chi connectivity index (χ0n) is 10.1. The second kappa shape index (κ2) is 5.02. The van der Waals surface area contributed by atoms with Gasteiger partial charge in [0.2, 0.25) is 0 Å². The Kier molecular flexibility index (Phi) is 4.11. The van der Waals surface area contributed by atoms with Crippen LogP contribution in [0.15, 0.2) is 12.1 Å². The molecule has 0 heterocycles. The predicted octanol–water partition coefficient (Wildman–Crippen LogP) is 2.25. The van der Waals surface area contributed by atoms with E-state index in [2.05, 4.69) is 5.32 Å². The summed E-state index contributed by atoms with van der Waals surface area (Å²) in [5.41, 5.74) is 5.74. The molecule has 0 radical (unpaired) electrons. The van der Waals surface area contributed by atoms with Gasteiger partial charge in [0, 0.05) is 12.1 Å². The summed E-state index contributed by atoms with van der Waals surface area (Å²) in [4.78, 5) is 11.8. The van der Waals surface area contributed by atoms with Crippen LogP contribution in [0.4, 0.5) is 4.39 Å². The van der Waals surface area contributed by atoms with Gasteiger partial charge in [-0.1, -0.05) is 11.6 Å². The first-order valence-electron chi connectivity index (χ1n) is 5.23. The molecule has 0 aliphatic carbocycles. The number of rotatable bonds is 3. The molecule has 0 bridgehead atoms. The topological polar surface area (TPSA) is 55.1 Å². The summed E-state index contributed by atoms with van der Waals surface area (Å²) in [6, 6.07) is 2.57. The fraction of sp³-hybridized carbons (Fsp3) is 0.417. The van der Waals surface area contributed by atoms with Gasteiger partial charge in [0.25, 0.3) is 5.91 Å². The number of carbonyl (C=O) groups is 1. The Balaban J connectivity index is 2.86. The van der Waals surface area contributed by atoms with Gasteiger partial charge in [0.1, 0.15) is 5.82 Å². The van der Waals surface area contributed by atoms with Crippen molar-refractivity contribution >= 4 is 17.5 Å². The molecule has 17 heavy (non-hydrogen) atoms. The van der Waals surface area contributed by atoms with Crippen LogP contribution < -0.4 is 11.1 Å². The normalized spacial score (nSPS) is 11.4. The molecule has 3 nitrogen and oxygen atoms in total. The SMILES string of the molecule is Cc1cc(Cl)c(C(=O)NCC(C)(C)N)cc1F. The lowest BCUT2D eigenvalue weighted by atomic mass is 10.1. The van der Waals surface area contributed by atoms with Gasteiger partial charge in [-0.25, -0.2) is 4.39 Å². The summed E-state index contributed by atoms with van der Waals surface area (Å²) in [5.74, 6) is -0.876. The number of aryl methyl sites for hydroxylation is 1. The van der Waals surface area contributed by atoms with Gasteiger partial charge in [0.05, 0.1) is 10.6 Å². The lowest BCUT2D eigenvalue weighted by molar-refractivity contribution is 0.0945. The van der Waals surface area contributed by atoms with Crippen molar-refractivity contribution in [2.24, 2.45) is 5.73 Å². The first-order chi connectivity index (χ1) is 7.70. The number of carbonyl (C=O) groups excluding carboxylic acids is 1. The Morgan fingerprint density at radius 3 is 2.65 bits per heavy atom. The molecule has 94 valence electrons. The van der Waals surface area contributed by atoms with Crippen molar-refractivity contribution < 1.29 is 9.18 Å². The van der Waals surface area contributed by atoms with E-state index < -0.39 is 17.3 Å². The van der Waals surface area contributed by atoms with Crippen molar-refractivity contribution in [1.29, 1.82) is 0 Å². The van der Waals surface area contributed by atoms with Gasteiger partial charge in [-0.3, -0.25) is 4.79 Å². The maximum Gasteiger partial charge on any atom is 0.252 e. The first-order valence-corrected chi connectivity index (χ1v) is 5.61. The van der Waals surface area contributed by atoms with Gasteiger partial charge in [-0.15, -0.1) is 0 Å². The van der Waals surface area contributed by atoms with E-state index in [9.17, 15) is 9.18 Å². The average molecular weight is 259 g/mol. The predicted molar refractivity (Wildman–Crippen MR) is 66.7 cm³/mol. The Labute approximate surface area is 105 Å². The molecule has 0 unspecified atom stereocenters. The molecule has 0 fully saturated rings. The second-order valence-corrected chi connectivity index (χ2v) is 5.16. The summed E-state index contributed by atoms with van der Waals surface area (Å²) < 4.78 is 13.3. The van der Waals surface area contributed by atoms with Crippen LogP contribution in [0.2, 0.25) is 5.02 Å². The van der Waals surface area contributed by atoms with Crippen molar-refractivity contribution in [2.75, 3.05) is 6.54 Å². The molecule has 1 aromatic rings. The fourth-order valence-corrected chi connectivity index (χ4v) is 1.53. The Morgan fingerprint density at radius 1 is 1.53 bits per heavy atom. The van der Waals surface area contributed by atoms with Gasteiger partial charge in [-0.2, -0.15) is 0 Å². The van der Waals surface area contributed by atoms with Crippen LogP contribution in [-0.2, 0) is 0 Å². The van der Waals surface area contributed by atoms with Crippen LogP contribution in [0.1, 0.15) is 29.8 Å². The van der Waals surface area contributed by atoms with Crippen LogP contribution in [0.25, 0.3) is 0 Å². The quantitative estimate of drug-likeness (QED) is 0.874. The highest BCUT2D eigenvalue weighted by molar-refractivity contribution is 6.33. The number of halogens is 2. The molecule has 1 rings (SSSR count). The molecule has 1 aromatic carbocycles. The number of hydrogen-bond donors (Lipinski definition) is 2. The lowest BCUT2D eigenvalue weighted by Gasteiger charge is -2.19. The van der Waals surface area contributed by atoms with Crippen LogP contribution in [0.3, 0.4) is 0 Å². The van der Waals surface area contributed by atoms with Crippen molar-refractivity contribution in [3.05, 3.63) is 34.1 Å². The summed E-state index contributed by atoms with van der Waals surface area (Å²) in [7, 11) is 0. The summed E-state index contributed by atoms with van der Waals surface area (Å²) in [6.45, 7) is 5.44. The zero-order valence-corrected chi connectivity index (χ0v) is 10.9. The average Bonchev–Trinajstić information content (AvgIpc) is 2.19. The van der Waals surface area contributed by atoms with Gasteiger partial charge in [0.15, 0.2) is 0 Å². The maximum atomic E-state index is 13.3. The van der Waals surface area contributed by atoms with Crippen LogP contribution in [0.5, 0.6) is 0 Å². The third kappa shape index (κ3) is 3.98. The third-order valence-corrected chi connectivity index (χ3v) is 2.51. The molecule has 3 N–H and O–H groups in total. The number of nitrogens with one attached hydrogen (secondary N) is 1. The molecule has 0 aliphatic rings. The standard InChI is InChI=1S/C12H16ClFN2O/c1-7-4-9(13)8(5-10(7)14)11(17)16-6-12(2,3)15/h4-5H,6,15H2,1-3H3,(H,16,17). The molecule has 0 spiro atoms. The molecule has 0 saturated heterocycles. The number of amides is 1. The highest BCUT2D eigenvalue weighted by Crippen LogP contribution is 2.20. The monoisotopic (exact) mass is 258 g/mol. The fourth-order valence-electron chi connectivity index (χ4n) is 1.22. The minimum Gasteiger partial charge on any atom is -0.350 e. The summed E-state index contributed by atoms with van der Waals surface area (Å²) in [5, 5.41) is 2.84. The van der Waals surface area contributed by atoms with E-state index in [1.54, 1.807) is 20.8 Å². The summed E-state index contributed by atoms with van der Waals surface area (Å²) in [6.07, 6.45) is 0. The van der Waals surface area contributed by atoms with E-state index in [0.717, 1.165) is 6.07 Å². The maximum absolute atomic E-state index is 13.3. The zero-order chi connectivity index (χ0) is 13.2. The van der Waals surface area contributed by atoms with Gasteiger partial charge in [-0.05, 0) is 38.5 Å². The lowest BCUT2D eigenvalue weighted by Crippen LogP contribution is -2.45. The smallest absolute Gasteiger partial charge is 0.252 e. The molecule has 0 aliphatic heterocycles. The molecule has 0 aromatic heterocycles. The van der Waals surface area contributed by atoms with Crippen LogP contribution in [0, 0.1) is 12.7 Å². The number of nitrogens with two attached hydrogens (primary N) is 1. The minimum atomic E-state index is -0.522. The molecule has 0 atom stereocenters. The third-order valence-electron chi connectivity index (χ3n) is 2.20. The van der Waals surface area contributed by atoms with Gasteiger partial charge < -0.3 is 11.1 Å². The van der Waals surface area contributed by atoms with Crippen molar-refractivity contribution in [3.63, 3.8) is 0 Å². The minimum absolute atomic E-state index is 0.124. The highest BCUT2D eigenvalue weighted by atomic mass is 35.5. The molecular formula is C12H16ClFN2O. The number of benzene rings is 1. The van der Waals surface area contributed by atoms with E-state index in [1.165, 1.54) is 6.07 Å². The number of hydrogen-bond acceptors (Lipinski definition) is 2. The molecule has 5 heteroatoms. The molecule has 1 amide bonds. The molecule has 0 saturated carbocycles. The van der Waals surface area contributed by atoms with E-state index in [4.69, 9.17) is 17.3 Å². The Morgan fingerprint density at radius 2 is 2.12 bits per heavy atom. The van der Waals surface area contributed by atoms with Crippen LogP contribution in [-0.4, -0.2) is 18.0 Å². The Bertz CT molecular complexity index is 441. The Hall–Kier alpha value is -1.13.